The fourth-order valence-electron chi connectivity index (χ4n) is 2.51. The Morgan fingerprint density at radius 1 is 1.40 bits per heavy atom. The average molecular weight is 279 g/mol. The highest BCUT2D eigenvalue weighted by Gasteiger charge is 2.21. The van der Waals surface area contributed by atoms with Crippen LogP contribution in [-0.2, 0) is 4.79 Å². The summed E-state index contributed by atoms with van der Waals surface area (Å²) in [6.07, 6.45) is 4.59. The summed E-state index contributed by atoms with van der Waals surface area (Å²) in [7, 11) is 0. The first-order chi connectivity index (χ1) is 9.69. The van der Waals surface area contributed by atoms with Gasteiger partial charge in [0.15, 0.2) is 5.76 Å². The number of hydrogen-bond donors (Lipinski definition) is 2. The van der Waals surface area contributed by atoms with Crippen LogP contribution in [0.4, 0.5) is 0 Å². The molecule has 0 saturated carbocycles. The molecule has 0 spiro atoms. The van der Waals surface area contributed by atoms with Crippen LogP contribution in [-0.4, -0.2) is 42.9 Å². The van der Waals surface area contributed by atoms with Crippen molar-refractivity contribution in [3.05, 3.63) is 24.2 Å². The standard InChI is InChI=1S/C14H21N3O3/c15-6-3-11-4-7-17(8-5-11)10-13(18)16-14(19)12-2-1-9-20-12/h1-2,9,11H,3-8,10,15H2,(H,16,18,19). The van der Waals surface area contributed by atoms with E-state index in [1.165, 1.54) is 12.3 Å². The van der Waals surface area contributed by atoms with Crippen LogP contribution < -0.4 is 11.1 Å². The maximum Gasteiger partial charge on any atom is 0.293 e. The third-order valence-corrected chi connectivity index (χ3v) is 3.65. The summed E-state index contributed by atoms with van der Waals surface area (Å²) < 4.78 is 4.94. The molecule has 1 saturated heterocycles. The van der Waals surface area contributed by atoms with Crippen LogP contribution in [0.2, 0.25) is 0 Å². The number of carbonyl (C=O) groups is 2. The van der Waals surface area contributed by atoms with Crippen LogP contribution in [0.5, 0.6) is 0 Å². The lowest BCUT2D eigenvalue weighted by molar-refractivity contribution is -0.121. The van der Waals surface area contributed by atoms with Crippen LogP contribution in [0.25, 0.3) is 0 Å². The largest absolute Gasteiger partial charge is 0.459 e. The summed E-state index contributed by atoms with van der Waals surface area (Å²) in [4.78, 5) is 25.5. The van der Waals surface area contributed by atoms with Gasteiger partial charge in [0.05, 0.1) is 12.8 Å². The molecule has 2 amide bonds. The van der Waals surface area contributed by atoms with Gasteiger partial charge in [0.25, 0.3) is 5.91 Å². The Labute approximate surface area is 118 Å². The number of nitrogens with two attached hydrogens (primary N) is 1. The number of likely N-dealkylation sites (tertiary alicyclic amines) is 1. The van der Waals surface area contributed by atoms with Crippen LogP contribution in [0.15, 0.2) is 22.8 Å². The van der Waals surface area contributed by atoms with Gasteiger partial charge in [-0.05, 0) is 56.9 Å². The molecule has 0 aliphatic carbocycles. The summed E-state index contributed by atoms with van der Waals surface area (Å²) in [5.74, 6) is 0.0470. The SMILES string of the molecule is NCCC1CCN(CC(=O)NC(=O)c2ccco2)CC1. The van der Waals surface area contributed by atoms with Gasteiger partial charge in [0, 0.05) is 0 Å². The van der Waals surface area contributed by atoms with Gasteiger partial charge in [-0.2, -0.15) is 0 Å². The van der Waals surface area contributed by atoms with Gasteiger partial charge in [-0.15, -0.1) is 0 Å². The van der Waals surface area contributed by atoms with Gasteiger partial charge in [-0.3, -0.25) is 19.8 Å². The van der Waals surface area contributed by atoms with Gasteiger partial charge >= 0.3 is 0 Å². The summed E-state index contributed by atoms with van der Waals surface area (Å²) in [6.45, 7) is 2.74. The van der Waals surface area contributed by atoms with Crippen LogP contribution >= 0.6 is 0 Å². The molecule has 3 N–H and O–H groups in total. The van der Waals surface area contributed by atoms with E-state index in [0.717, 1.165) is 38.9 Å². The second-order valence-electron chi connectivity index (χ2n) is 5.15. The molecule has 6 heteroatoms. The number of furan rings is 1. The van der Waals surface area contributed by atoms with Crippen LogP contribution in [0.3, 0.4) is 0 Å². The zero-order valence-electron chi connectivity index (χ0n) is 11.5. The Kier molecular flexibility index (Phi) is 5.31. The Hall–Kier alpha value is -1.66. The molecule has 20 heavy (non-hydrogen) atoms. The van der Waals surface area contributed by atoms with Gasteiger partial charge in [-0.25, -0.2) is 0 Å². The van der Waals surface area contributed by atoms with E-state index in [4.69, 9.17) is 10.2 Å². The molecule has 0 unspecified atom stereocenters. The number of hydrogen-bond acceptors (Lipinski definition) is 5. The molecular weight excluding hydrogens is 258 g/mol. The van der Waals surface area contributed by atoms with E-state index >= 15 is 0 Å². The smallest absolute Gasteiger partial charge is 0.293 e. The van der Waals surface area contributed by atoms with E-state index in [0.29, 0.717) is 5.92 Å². The molecule has 110 valence electrons. The van der Waals surface area contributed by atoms with E-state index in [2.05, 4.69) is 10.2 Å². The third kappa shape index (κ3) is 4.18. The number of carbonyl (C=O) groups excluding carboxylic acids is 2. The van der Waals surface area contributed by atoms with Gasteiger partial charge < -0.3 is 10.2 Å². The molecule has 1 aliphatic heterocycles. The zero-order chi connectivity index (χ0) is 14.4. The van der Waals surface area contributed by atoms with Gasteiger partial charge in [-0.1, -0.05) is 0 Å². The molecule has 0 bridgehead atoms. The predicted molar refractivity (Wildman–Crippen MR) is 74.0 cm³/mol. The number of imide groups is 1. The number of nitrogens with one attached hydrogen (secondary N) is 1. The van der Waals surface area contributed by atoms with Crippen molar-refractivity contribution in [3.8, 4) is 0 Å². The fraction of sp³-hybridized carbons (Fsp3) is 0.571. The Morgan fingerprint density at radius 3 is 2.75 bits per heavy atom. The van der Waals surface area contributed by atoms with Crippen molar-refractivity contribution in [2.24, 2.45) is 11.7 Å². The molecular formula is C14H21N3O3. The van der Waals surface area contributed by atoms with Gasteiger partial charge in [0.1, 0.15) is 0 Å². The lowest BCUT2D eigenvalue weighted by Crippen LogP contribution is -2.43. The number of amides is 2. The normalized spacial score (nSPS) is 17.1. The average Bonchev–Trinajstić information content (AvgIpc) is 2.95. The van der Waals surface area contributed by atoms with Crippen molar-refractivity contribution in [3.63, 3.8) is 0 Å². The highest BCUT2D eigenvalue weighted by Crippen LogP contribution is 2.19. The molecule has 1 fully saturated rings. The molecule has 2 rings (SSSR count). The maximum atomic E-state index is 11.8. The summed E-state index contributed by atoms with van der Waals surface area (Å²) in [5.41, 5.74) is 5.55. The second kappa shape index (κ2) is 7.21. The Bertz CT molecular complexity index is 437. The molecule has 0 aromatic carbocycles. The number of rotatable bonds is 5. The Balaban J connectivity index is 1.71. The first kappa shape index (κ1) is 14.7. The van der Waals surface area contributed by atoms with Crippen molar-refractivity contribution >= 4 is 11.8 Å². The molecule has 1 aliphatic rings. The molecule has 1 aromatic heterocycles. The molecule has 2 heterocycles. The lowest BCUT2D eigenvalue weighted by atomic mass is 9.94. The highest BCUT2D eigenvalue weighted by molar-refractivity contribution is 6.03. The molecule has 0 radical (unpaired) electrons. The van der Waals surface area contributed by atoms with Gasteiger partial charge in [0.2, 0.25) is 5.91 Å². The minimum atomic E-state index is -0.488. The minimum absolute atomic E-state index is 0.153. The number of piperidine rings is 1. The summed E-state index contributed by atoms with van der Waals surface area (Å²) >= 11 is 0. The first-order valence-electron chi connectivity index (χ1n) is 6.99. The van der Waals surface area contributed by atoms with Crippen molar-refractivity contribution < 1.29 is 14.0 Å². The van der Waals surface area contributed by atoms with Crippen molar-refractivity contribution in [2.45, 2.75) is 19.3 Å². The summed E-state index contributed by atoms with van der Waals surface area (Å²) in [6, 6.07) is 3.14. The molecule has 0 atom stereocenters. The topological polar surface area (TPSA) is 88.6 Å². The summed E-state index contributed by atoms with van der Waals surface area (Å²) in [5, 5.41) is 2.33. The maximum absolute atomic E-state index is 11.8. The Morgan fingerprint density at radius 2 is 2.15 bits per heavy atom. The van der Waals surface area contributed by atoms with Crippen molar-refractivity contribution in [1.82, 2.24) is 10.2 Å². The van der Waals surface area contributed by atoms with E-state index in [-0.39, 0.29) is 18.2 Å². The van der Waals surface area contributed by atoms with Crippen LogP contribution in [0.1, 0.15) is 29.8 Å². The van der Waals surface area contributed by atoms with Crippen molar-refractivity contribution in [2.75, 3.05) is 26.2 Å². The van der Waals surface area contributed by atoms with E-state index < -0.39 is 5.91 Å². The highest BCUT2D eigenvalue weighted by atomic mass is 16.3. The molecule has 1 aromatic rings. The van der Waals surface area contributed by atoms with Crippen LogP contribution in [0, 0.1) is 5.92 Å². The van der Waals surface area contributed by atoms with E-state index in [1.54, 1.807) is 6.07 Å². The zero-order valence-corrected chi connectivity index (χ0v) is 11.5. The quantitative estimate of drug-likeness (QED) is 0.824. The van der Waals surface area contributed by atoms with E-state index in [1.807, 2.05) is 0 Å². The number of nitrogens with zero attached hydrogens (tertiary/aromatic N) is 1. The predicted octanol–water partition coefficient (Wildman–Crippen LogP) is 0.597. The fourth-order valence-corrected chi connectivity index (χ4v) is 2.51. The molecule has 6 nitrogen and oxygen atoms in total. The monoisotopic (exact) mass is 279 g/mol. The van der Waals surface area contributed by atoms with E-state index in [9.17, 15) is 9.59 Å². The minimum Gasteiger partial charge on any atom is -0.459 e. The third-order valence-electron chi connectivity index (χ3n) is 3.65. The first-order valence-corrected chi connectivity index (χ1v) is 6.99. The second-order valence-corrected chi connectivity index (χ2v) is 5.15. The lowest BCUT2D eigenvalue weighted by Gasteiger charge is -2.31. The van der Waals surface area contributed by atoms with Crippen molar-refractivity contribution in [1.29, 1.82) is 0 Å².